The lowest BCUT2D eigenvalue weighted by molar-refractivity contribution is -0.156. The van der Waals surface area contributed by atoms with Crippen LogP contribution in [0.4, 0.5) is 4.39 Å². The van der Waals surface area contributed by atoms with E-state index in [4.69, 9.17) is 4.74 Å². The average Bonchev–Trinajstić information content (AvgIpc) is 2.62. The number of sulfonamides is 1. The van der Waals surface area contributed by atoms with Gasteiger partial charge in [-0.1, -0.05) is 31.4 Å². The minimum absolute atomic E-state index is 0.0735. The lowest BCUT2D eigenvalue weighted by atomic mass is 9.95. The molecule has 0 spiro atoms. The van der Waals surface area contributed by atoms with Crippen LogP contribution in [0.1, 0.15) is 46.0 Å². The molecule has 0 aromatic heterocycles. The van der Waals surface area contributed by atoms with E-state index in [1.54, 1.807) is 0 Å². The third kappa shape index (κ3) is 6.00. The summed E-state index contributed by atoms with van der Waals surface area (Å²) in [6.07, 6.45) is 3.98. The molecule has 0 unspecified atom stereocenters. The highest BCUT2D eigenvalue weighted by atomic mass is 32.2. The Kier molecular flexibility index (Phi) is 7.32. The van der Waals surface area contributed by atoms with Gasteiger partial charge in [0.25, 0.3) is 5.91 Å². The Balaban J connectivity index is 1.90. The van der Waals surface area contributed by atoms with Crippen molar-refractivity contribution in [3.05, 3.63) is 30.1 Å². The molecule has 2 N–H and O–H groups in total. The summed E-state index contributed by atoms with van der Waals surface area (Å²) >= 11 is 0. The zero-order valence-electron chi connectivity index (χ0n) is 15.4. The highest BCUT2D eigenvalue weighted by Gasteiger charge is 2.28. The smallest absolute Gasteiger partial charge is 0.324 e. The first-order valence-corrected chi connectivity index (χ1v) is 10.5. The number of halogens is 1. The van der Waals surface area contributed by atoms with Crippen molar-refractivity contribution >= 4 is 21.9 Å². The second-order valence-corrected chi connectivity index (χ2v) is 8.38. The summed E-state index contributed by atoms with van der Waals surface area (Å²) in [5, 5.41) is 2.84. The fourth-order valence-electron chi connectivity index (χ4n) is 2.90. The number of amides is 1. The summed E-state index contributed by atoms with van der Waals surface area (Å²) < 4.78 is 45.2. The van der Waals surface area contributed by atoms with Crippen LogP contribution < -0.4 is 10.0 Å². The molecule has 1 aliphatic rings. The third-order valence-electron chi connectivity index (χ3n) is 4.43. The number of rotatable bonds is 7. The SMILES string of the molecule is C[C@@H](NS(=O)(=O)c1ccccc1F)C(=O)O[C@H](C)C(=O)NC1CCCCC1. The highest BCUT2D eigenvalue weighted by Crippen LogP contribution is 2.18. The molecule has 1 aliphatic carbocycles. The number of carbonyl (C=O) groups excluding carboxylic acids is 2. The predicted molar refractivity (Wildman–Crippen MR) is 96.8 cm³/mol. The van der Waals surface area contributed by atoms with Crippen LogP contribution in [0.15, 0.2) is 29.2 Å². The van der Waals surface area contributed by atoms with Crippen LogP contribution >= 0.6 is 0 Å². The topological polar surface area (TPSA) is 102 Å². The Morgan fingerprint density at radius 1 is 1.15 bits per heavy atom. The van der Waals surface area contributed by atoms with Gasteiger partial charge in [0.1, 0.15) is 16.8 Å². The predicted octanol–water partition coefficient (Wildman–Crippen LogP) is 1.87. The Labute approximate surface area is 158 Å². The molecule has 0 saturated heterocycles. The molecule has 1 aromatic carbocycles. The number of ether oxygens (including phenoxy) is 1. The van der Waals surface area contributed by atoms with Gasteiger partial charge in [-0.3, -0.25) is 9.59 Å². The van der Waals surface area contributed by atoms with Gasteiger partial charge in [0.05, 0.1) is 0 Å². The molecule has 0 heterocycles. The van der Waals surface area contributed by atoms with E-state index in [2.05, 4.69) is 10.0 Å². The second kappa shape index (κ2) is 9.27. The van der Waals surface area contributed by atoms with Crippen molar-refractivity contribution in [3.63, 3.8) is 0 Å². The van der Waals surface area contributed by atoms with Crippen molar-refractivity contribution < 1.29 is 27.1 Å². The Hall–Kier alpha value is -2.00. The van der Waals surface area contributed by atoms with Crippen molar-refractivity contribution in [2.45, 2.75) is 69.0 Å². The van der Waals surface area contributed by atoms with Crippen LogP contribution in [0.5, 0.6) is 0 Å². The summed E-state index contributed by atoms with van der Waals surface area (Å²) in [4.78, 5) is 23.7. The average molecular weight is 400 g/mol. The molecule has 0 aliphatic heterocycles. The van der Waals surface area contributed by atoms with Gasteiger partial charge >= 0.3 is 5.97 Å². The minimum Gasteiger partial charge on any atom is -0.451 e. The molecular weight excluding hydrogens is 375 g/mol. The summed E-state index contributed by atoms with van der Waals surface area (Å²) in [6.45, 7) is 2.70. The highest BCUT2D eigenvalue weighted by molar-refractivity contribution is 7.89. The minimum atomic E-state index is -4.24. The maximum absolute atomic E-state index is 13.7. The zero-order valence-corrected chi connectivity index (χ0v) is 16.2. The summed E-state index contributed by atoms with van der Waals surface area (Å²) in [7, 11) is -4.24. The number of esters is 1. The van der Waals surface area contributed by atoms with E-state index in [0.717, 1.165) is 44.2 Å². The molecule has 0 bridgehead atoms. The first-order chi connectivity index (χ1) is 12.7. The fraction of sp³-hybridized carbons (Fsp3) is 0.556. The normalized spacial score (nSPS) is 17.7. The number of nitrogens with one attached hydrogen (secondary N) is 2. The standard InChI is InChI=1S/C18H25FN2O5S/c1-12(21-27(24,25)16-11-7-6-10-15(16)19)18(23)26-13(2)17(22)20-14-8-4-3-5-9-14/h6-7,10-14,21H,3-5,8-9H2,1-2H3,(H,20,22)/t12-,13-/m1/s1. The lowest BCUT2D eigenvalue weighted by Gasteiger charge is -2.24. The number of carbonyl (C=O) groups is 2. The summed E-state index contributed by atoms with van der Waals surface area (Å²) in [5.74, 6) is -2.26. The van der Waals surface area contributed by atoms with Crippen molar-refractivity contribution in [2.24, 2.45) is 0 Å². The van der Waals surface area contributed by atoms with Crippen LogP contribution in [-0.4, -0.2) is 38.5 Å². The van der Waals surface area contributed by atoms with Crippen molar-refractivity contribution in [1.29, 1.82) is 0 Å². The molecule has 2 rings (SSSR count). The molecular formula is C18H25FN2O5S. The maximum atomic E-state index is 13.7. The van der Waals surface area contributed by atoms with Gasteiger partial charge in [-0.2, -0.15) is 4.72 Å². The molecule has 1 fully saturated rings. The van der Waals surface area contributed by atoms with Crippen molar-refractivity contribution in [3.8, 4) is 0 Å². The van der Waals surface area contributed by atoms with Gasteiger partial charge in [-0.25, -0.2) is 12.8 Å². The van der Waals surface area contributed by atoms with Gasteiger partial charge in [0.15, 0.2) is 6.10 Å². The zero-order chi connectivity index (χ0) is 20.0. The molecule has 1 amide bonds. The molecule has 150 valence electrons. The van der Waals surface area contributed by atoms with Crippen molar-refractivity contribution in [2.75, 3.05) is 0 Å². The van der Waals surface area contributed by atoms with E-state index in [1.165, 1.54) is 26.0 Å². The van der Waals surface area contributed by atoms with E-state index < -0.39 is 44.8 Å². The summed E-state index contributed by atoms with van der Waals surface area (Å²) in [5.41, 5.74) is 0. The second-order valence-electron chi connectivity index (χ2n) is 6.70. The number of hydrogen-bond donors (Lipinski definition) is 2. The summed E-state index contributed by atoms with van der Waals surface area (Å²) in [6, 6.07) is 3.63. The fourth-order valence-corrected chi connectivity index (χ4v) is 4.17. The van der Waals surface area contributed by atoms with Crippen LogP contribution in [0.2, 0.25) is 0 Å². The Bertz CT molecular complexity index is 778. The number of hydrogen-bond acceptors (Lipinski definition) is 5. The number of benzene rings is 1. The van der Waals surface area contributed by atoms with E-state index in [0.29, 0.717) is 0 Å². The molecule has 27 heavy (non-hydrogen) atoms. The van der Waals surface area contributed by atoms with Crippen LogP contribution in [0.25, 0.3) is 0 Å². The van der Waals surface area contributed by atoms with Crippen molar-refractivity contribution in [1.82, 2.24) is 10.0 Å². The molecule has 0 radical (unpaired) electrons. The molecule has 2 atom stereocenters. The monoisotopic (exact) mass is 400 g/mol. The Morgan fingerprint density at radius 3 is 2.41 bits per heavy atom. The van der Waals surface area contributed by atoms with Gasteiger partial charge in [0, 0.05) is 6.04 Å². The van der Waals surface area contributed by atoms with Crippen LogP contribution in [0.3, 0.4) is 0 Å². The van der Waals surface area contributed by atoms with Crippen LogP contribution in [-0.2, 0) is 24.3 Å². The van der Waals surface area contributed by atoms with E-state index in [9.17, 15) is 22.4 Å². The molecule has 1 aromatic rings. The first kappa shape index (κ1) is 21.3. The van der Waals surface area contributed by atoms with Gasteiger partial charge < -0.3 is 10.1 Å². The largest absolute Gasteiger partial charge is 0.451 e. The first-order valence-electron chi connectivity index (χ1n) is 8.98. The van der Waals surface area contributed by atoms with Gasteiger partial charge in [0.2, 0.25) is 10.0 Å². The third-order valence-corrected chi connectivity index (χ3v) is 6.00. The molecule has 7 nitrogen and oxygen atoms in total. The van der Waals surface area contributed by atoms with E-state index in [1.807, 2.05) is 0 Å². The van der Waals surface area contributed by atoms with E-state index in [-0.39, 0.29) is 6.04 Å². The van der Waals surface area contributed by atoms with E-state index >= 15 is 0 Å². The quantitative estimate of drug-likeness (QED) is 0.681. The van der Waals surface area contributed by atoms with Gasteiger partial charge in [-0.15, -0.1) is 0 Å². The maximum Gasteiger partial charge on any atom is 0.324 e. The van der Waals surface area contributed by atoms with Gasteiger partial charge in [-0.05, 0) is 38.8 Å². The Morgan fingerprint density at radius 2 is 1.78 bits per heavy atom. The molecule has 1 saturated carbocycles. The van der Waals surface area contributed by atoms with Crippen LogP contribution in [0, 0.1) is 5.82 Å². The molecule has 9 heteroatoms. The lowest BCUT2D eigenvalue weighted by Crippen LogP contribution is -2.46.